The fraction of sp³-hybridized carbons (Fsp3) is 0.438. The Morgan fingerprint density at radius 1 is 1.13 bits per heavy atom. The molecule has 124 valence electrons. The number of rotatable bonds is 2. The molecule has 1 aliphatic heterocycles. The van der Waals surface area contributed by atoms with Gasteiger partial charge in [0.05, 0.1) is 23.0 Å². The Hall–Kier alpha value is -1.34. The first-order chi connectivity index (χ1) is 10.9. The van der Waals surface area contributed by atoms with E-state index in [4.69, 9.17) is 0 Å². The van der Waals surface area contributed by atoms with E-state index in [9.17, 15) is 13.2 Å². The Balaban J connectivity index is 1.92. The van der Waals surface area contributed by atoms with Crippen LogP contribution < -0.4 is 4.90 Å². The fourth-order valence-electron chi connectivity index (χ4n) is 2.83. The van der Waals surface area contributed by atoms with Crippen molar-refractivity contribution in [2.24, 2.45) is 0 Å². The normalized spacial score (nSPS) is 17.0. The van der Waals surface area contributed by atoms with Crippen LogP contribution in [0.15, 0.2) is 28.9 Å². The van der Waals surface area contributed by atoms with E-state index in [1.54, 1.807) is 6.20 Å². The maximum absolute atomic E-state index is 12.9. The first-order valence-electron chi connectivity index (χ1n) is 7.52. The van der Waals surface area contributed by atoms with Crippen LogP contribution in [0.1, 0.15) is 12.5 Å². The van der Waals surface area contributed by atoms with E-state index in [2.05, 4.69) is 37.6 Å². The van der Waals surface area contributed by atoms with E-state index in [1.807, 2.05) is 6.07 Å². The molecule has 2 aromatic rings. The molecule has 0 amide bonds. The number of benzene rings is 1. The zero-order valence-corrected chi connectivity index (χ0v) is 14.3. The van der Waals surface area contributed by atoms with Crippen molar-refractivity contribution in [2.45, 2.75) is 13.1 Å². The Labute approximate surface area is 141 Å². The van der Waals surface area contributed by atoms with Crippen LogP contribution in [-0.2, 0) is 6.18 Å². The highest BCUT2D eigenvalue weighted by Crippen LogP contribution is 2.35. The smallest absolute Gasteiger partial charge is 0.368 e. The van der Waals surface area contributed by atoms with Gasteiger partial charge in [-0.1, -0.05) is 22.9 Å². The highest BCUT2D eigenvalue weighted by Gasteiger charge is 2.31. The third kappa shape index (κ3) is 3.45. The second-order valence-corrected chi connectivity index (χ2v) is 6.49. The third-order valence-electron chi connectivity index (χ3n) is 4.25. The van der Waals surface area contributed by atoms with Gasteiger partial charge in [-0.3, -0.25) is 4.98 Å². The van der Waals surface area contributed by atoms with E-state index in [1.165, 1.54) is 0 Å². The van der Waals surface area contributed by atoms with Gasteiger partial charge in [0.15, 0.2) is 0 Å². The van der Waals surface area contributed by atoms with Crippen molar-refractivity contribution in [3.63, 3.8) is 0 Å². The average Bonchev–Trinajstić information content (AvgIpc) is 2.54. The number of alkyl halides is 3. The topological polar surface area (TPSA) is 19.4 Å². The largest absolute Gasteiger partial charge is 0.416 e. The van der Waals surface area contributed by atoms with Crippen molar-refractivity contribution in [2.75, 3.05) is 37.6 Å². The maximum Gasteiger partial charge on any atom is 0.416 e. The molecule has 7 heteroatoms. The van der Waals surface area contributed by atoms with Crippen molar-refractivity contribution in [1.29, 1.82) is 0 Å². The monoisotopic (exact) mass is 387 g/mol. The van der Waals surface area contributed by atoms with Crippen LogP contribution in [0.25, 0.3) is 10.9 Å². The summed E-state index contributed by atoms with van der Waals surface area (Å²) < 4.78 is 39.0. The predicted octanol–water partition coefficient (Wildman–Crippen LogP) is 4.16. The molecule has 1 saturated heterocycles. The van der Waals surface area contributed by atoms with Crippen molar-refractivity contribution in [3.05, 3.63) is 34.4 Å². The summed E-state index contributed by atoms with van der Waals surface area (Å²) in [5.41, 5.74) is 0.616. The van der Waals surface area contributed by atoms with Crippen LogP contribution in [0.2, 0.25) is 0 Å². The van der Waals surface area contributed by atoms with Crippen molar-refractivity contribution < 1.29 is 13.2 Å². The molecule has 2 heterocycles. The van der Waals surface area contributed by atoms with E-state index >= 15 is 0 Å². The van der Waals surface area contributed by atoms with Crippen LogP contribution in [0.4, 0.5) is 18.9 Å². The van der Waals surface area contributed by atoms with Gasteiger partial charge in [0.1, 0.15) is 0 Å². The average molecular weight is 388 g/mol. The second kappa shape index (κ2) is 6.28. The van der Waals surface area contributed by atoms with Gasteiger partial charge in [0.2, 0.25) is 0 Å². The van der Waals surface area contributed by atoms with Gasteiger partial charge in [0.25, 0.3) is 0 Å². The molecular formula is C16H17BrF3N3. The Bertz CT molecular complexity index is 710. The standard InChI is InChI=1S/C16H17BrF3N3/c1-2-22-3-5-23(6-4-22)12-9-13-14(17)7-11(16(18,19)20)8-15(13)21-10-12/h7-10H,2-6H2,1H3. The molecule has 0 saturated carbocycles. The molecule has 3 rings (SSSR count). The lowest BCUT2D eigenvalue weighted by Gasteiger charge is -2.35. The molecule has 0 aliphatic carbocycles. The van der Waals surface area contributed by atoms with Gasteiger partial charge in [-0.2, -0.15) is 13.2 Å². The second-order valence-electron chi connectivity index (χ2n) is 5.64. The summed E-state index contributed by atoms with van der Waals surface area (Å²) in [7, 11) is 0. The number of hydrogen-bond acceptors (Lipinski definition) is 3. The highest BCUT2D eigenvalue weighted by atomic mass is 79.9. The van der Waals surface area contributed by atoms with E-state index < -0.39 is 11.7 Å². The summed E-state index contributed by atoms with van der Waals surface area (Å²) in [6, 6.07) is 4.12. The van der Waals surface area contributed by atoms with Gasteiger partial charge in [0, 0.05) is 36.0 Å². The molecule has 1 aliphatic rings. The molecule has 0 unspecified atom stereocenters. The highest BCUT2D eigenvalue weighted by molar-refractivity contribution is 9.10. The van der Waals surface area contributed by atoms with E-state index in [-0.39, 0.29) is 0 Å². The quantitative estimate of drug-likeness (QED) is 0.771. The molecule has 1 fully saturated rings. The van der Waals surface area contributed by atoms with Crippen LogP contribution >= 0.6 is 15.9 Å². The molecule has 0 bridgehead atoms. The summed E-state index contributed by atoms with van der Waals surface area (Å²) >= 11 is 3.25. The minimum atomic E-state index is -4.37. The molecular weight excluding hydrogens is 371 g/mol. The predicted molar refractivity (Wildman–Crippen MR) is 88.8 cm³/mol. The number of likely N-dealkylation sites (N-methyl/N-ethyl adjacent to an activating group) is 1. The van der Waals surface area contributed by atoms with E-state index in [0.29, 0.717) is 15.4 Å². The van der Waals surface area contributed by atoms with Gasteiger partial charge in [-0.25, -0.2) is 0 Å². The SMILES string of the molecule is CCN1CCN(c2cnc3cc(C(F)(F)F)cc(Br)c3c2)CC1. The van der Waals surface area contributed by atoms with Gasteiger partial charge < -0.3 is 9.80 Å². The van der Waals surface area contributed by atoms with Crippen LogP contribution in [-0.4, -0.2) is 42.6 Å². The lowest BCUT2D eigenvalue weighted by atomic mass is 10.1. The summed E-state index contributed by atoms with van der Waals surface area (Å²) in [4.78, 5) is 8.84. The van der Waals surface area contributed by atoms with Crippen molar-refractivity contribution >= 4 is 32.5 Å². The number of piperazine rings is 1. The first-order valence-corrected chi connectivity index (χ1v) is 8.31. The van der Waals surface area contributed by atoms with Crippen LogP contribution in [0.3, 0.4) is 0 Å². The third-order valence-corrected chi connectivity index (χ3v) is 4.90. The lowest BCUT2D eigenvalue weighted by molar-refractivity contribution is -0.137. The molecule has 3 nitrogen and oxygen atoms in total. The Morgan fingerprint density at radius 2 is 1.83 bits per heavy atom. The van der Waals surface area contributed by atoms with Gasteiger partial charge in [-0.05, 0) is 24.7 Å². The van der Waals surface area contributed by atoms with Gasteiger partial charge in [-0.15, -0.1) is 0 Å². The number of aromatic nitrogens is 1. The first kappa shape index (κ1) is 16.5. The molecule has 23 heavy (non-hydrogen) atoms. The summed E-state index contributed by atoms with van der Waals surface area (Å²) in [5, 5.41) is 0.702. The number of anilines is 1. The number of nitrogens with zero attached hydrogens (tertiary/aromatic N) is 3. The minimum absolute atomic E-state index is 0.350. The molecule has 0 atom stereocenters. The zero-order valence-electron chi connectivity index (χ0n) is 12.7. The zero-order chi connectivity index (χ0) is 16.6. The summed E-state index contributed by atoms with van der Waals surface area (Å²) in [5.74, 6) is 0. The van der Waals surface area contributed by atoms with Crippen molar-refractivity contribution in [1.82, 2.24) is 9.88 Å². The summed E-state index contributed by atoms with van der Waals surface area (Å²) in [6.07, 6.45) is -2.70. The molecule has 0 radical (unpaired) electrons. The Kier molecular flexibility index (Phi) is 4.51. The van der Waals surface area contributed by atoms with E-state index in [0.717, 1.165) is 50.5 Å². The Morgan fingerprint density at radius 3 is 2.43 bits per heavy atom. The van der Waals surface area contributed by atoms with Crippen LogP contribution in [0, 0.1) is 0 Å². The number of fused-ring (bicyclic) bond motifs is 1. The minimum Gasteiger partial charge on any atom is -0.368 e. The number of pyridine rings is 1. The molecule has 1 aromatic carbocycles. The van der Waals surface area contributed by atoms with Gasteiger partial charge >= 0.3 is 6.18 Å². The lowest BCUT2D eigenvalue weighted by Crippen LogP contribution is -2.46. The van der Waals surface area contributed by atoms with Crippen LogP contribution in [0.5, 0.6) is 0 Å². The molecule has 1 aromatic heterocycles. The molecule has 0 N–H and O–H groups in total. The maximum atomic E-state index is 12.9. The summed E-state index contributed by atoms with van der Waals surface area (Å²) in [6.45, 7) is 6.96. The number of hydrogen-bond donors (Lipinski definition) is 0. The van der Waals surface area contributed by atoms with Crippen molar-refractivity contribution in [3.8, 4) is 0 Å². The molecule has 0 spiro atoms. The fourth-order valence-corrected chi connectivity index (χ4v) is 3.40. The number of halogens is 4.